The molecule has 0 aliphatic heterocycles. The lowest BCUT2D eigenvalue weighted by atomic mass is 10.1. The molecular formula is C9H15NO2. The van der Waals surface area contributed by atoms with Crippen LogP contribution < -0.4 is 5.32 Å². The molecular weight excluding hydrogens is 154 g/mol. The molecule has 0 spiro atoms. The Labute approximate surface area is 72.8 Å². The second-order valence-corrected chi connectivity index (χ2v) is 2.54. The van der Waals surface area contributed by atoms with E-state index in [1.165, 1.54) is 6.08 Å². The van der Waals surface area contributed by atoms with Crippen LogP contribution in [0, 0.1) is 5.92 Å². The molecule has 0 saturated heterocycles. The van der Waals surface area contributed by atoms with Gasteiger partial charge < -0.3 is 10.1 Å². The van der Waals surface area contributed by atoms with Crippen LogP contribution in [-0.4, -0.2) is 18.7 Å². The lowest BCUT2D eigenvalue weighted by Gasteiger charge is -2.05. The first-order valence-electron chi connectivity index (χ1n) is 4.11. The van der Waals surface area contributed by atoms with Gasteiger partial charge in [-0.3, -0.25) is 4.79 Å². The third-order valence-electron chi connectivity index (χ3n) is 1.53. The first kappa shape index (κ1) is 10.9. The minimum atomic E-state index is -0.693. The number of aldehydes is 1. The summed E-state index contributed by atoms with van der Waals surface area (Å²) < 4.78 is 0. The van der Waals surface area contributed by atoms with Gasteiger partial charge in [0, 0.05) is 6.54 Å². The maximum atomic E-state index is 11.1. The molecule has 3 nitrogen and oxygen atoms in total. The van der Waals surface area contributed by atoms with Gasteiger partial charge in [0.15, 0.2) is 0 Å². The van der Waals surface area contributed by atoms with Gasteiger partial charge in [0.25, 0.3) is 0 Å². The quantitative estimate of drug-likeness (QED) is 0.278. The Morgan fingerprint density at radius 2 is 2.33 bits per heavy atom. The predicted octanol–water partition coefficient (Wildman–Crippen LogP) is 0.904. The maximum Gasteiger partial charge on any atom is 0.234 e. The topological polar surface area (TPSA) is 46.2 Å². The third-order valence-corrected chi connectivity index (χ3v) is 1.53. The number of hydrogen-bond acceptors (Lipinski definition) is 2. The van der Waals surface area contributed by atoms with Gasteiger partial charge in [-0.05, 0) is 6.42 Å². The average molecular weight is 169 g/mol. The van der Waals surface area contributed by atoms with Crippen LogP contribution in [0.3, 0.4) is 0 Å². The van der Waals surface area contributed by atoms with E-state index in [9.17, 15) is 9.59 Å². The first-order valence-corrected chi connectivity index (χ1v) is 4.11. The van der Waals surface area contributed by atoms with Crippen molar-refractivity contribution < 1.29 is 9.59 Å². The van der Waals surface area contributed by atoms with Gasteiger partial charge in [-0.15, -0.1) is 6.58 Å². The molecule has 1 atom stereocenters. The van der Waals surface area contributed by atoms with E-state index in [-0.39, 0.29) is 5.91 Å². The molecule has 0 aromatic carbocycles. The van der Waals surface area contributed by atoms with Crippen molar-refractivity contribution in [1.82, 2.24) is 5.32 Å². The number of carbonyl (C=O) groups excluding carboxylic acids is 2. The Hall–Kier alpha value is -1.12. The molecule has 0 rings (SSSR count). The summed E-state index contributed by atoms with van der Waals surface area (Å²) >= 11 is 0. The predicted molar refractivity (Wildman–Crippen MR) is 47.7 cm³/mol. The Balaban J connectivity index is 3.69. The van der Waals surface area contributed by atoms with Crippen LogP contribution in [0.1, 0.15) is 19.8 Å². The summed E-state index contributed by atoms with van der Waals surface area (Å²) in [5.41, 5.74) is 0. The molecule has 0 aromatic rings. The van der Waals surface area contributed by atoms with Crippen molar-refractivity contribution in [3.8, 4) is 0 Å². The molecule has 0 fully saturated rings. The van der Waals surface area contributed by atoms with Crippen LogP contribution >= 0.6 is 0 Å². The molecule has 0 heterocycles. The Bertz CT molecular complexity index is 158. The van der Waals surface area contributed by atoms with Crippen molar-refractivity contribution in [3.05, 3.63) is 12.7 Å². The number of hydrogen-bond donors (Lipinski definition) is 1. The van der Waals surface area contributed by atoms with Crippen molar-refractivity contribution >= 4 is 12.2 Å². The number of amides is 1. The highest BCUT2D eigenvalue weighted by molar-refractivity contribution is 5.93. The highest BCUT2D eigenvalue weighted by Crippen LogP contribution is 1.93. The van der Waals surface area contributed by atoms with Gasteiger partial charge >= 0.3 is 0 Å². The van der Waals surface area contributed by atoms with Crippen LogP contribution in [-0.2, 0) is 9.59 Å². The lowest BCUT2D eigenvalue weighted by molar-refractivity contribution is -0.127. The van der Waals surface area contributed by atoms with E-state index >= 15 is 0 Å². The minimum absolute atomic E-state index is 0.256. The number of unbranched alkanes of at least 4 members (excludes halogenated alkanes) is 1. The molecule has 0 saturated carbocycles. The molecule has 1 unspecified atom stereocenters. The van der Waals surface area contributed by atoms with E-state index in [2.05, 4.69) is 11.9 Å². The Morgan fingerprint density at radius 3 is 2.75 bits per heavy atom. The molecule has 68 valence electrons. The molecule has 0 bridgehead atoms. The smallest absolute Gasteiger partial charge is 0.234 e. The van der Waals surface area contributed by atoms with E-state index < -0.39 is 5.92 Å². The zero-order valence-corrected chi connectivity index (χ0v) is 7.38. The molecule has 0 aliphatic rings. The van der Waals surface area contributed by atoms with Gasteiger partial charge in [0.05, 0.1) is 0 Å². The fourth-order valence-corrected chi connectivity index (χ4v) is 0.731. The van der Waals surface area contributed by atoms with Gasteiger partial charge in [-0.2, -0.15) is 0 Å². The first-order chi connectivity index (χ1) is 5.76. The fourth-order valence-electron chi connectivity index (χ4n) is 0.731. The van der Waals surface area contributed by atoms with Crippen LogP contribution in [0.5, 0.6) is 0 Å². The van der Waals surface area contributed by atoms with Gasteiger partial charge in [-0.1, -0.05) is 19.4 Å². The van der Waals surface area contributed by atoms with E-state index in [4.69, 9.17) is 0 Å². The third kappa shape index (κ3) is 3.91. The summed E-state index contributed by atoms with van der Waals surface area (Å²) in [6.45, 7) is 6.06. The zero-order chi connectivity index (χ0) is 9.40. The van der Waals surface area contributed by atoms with E-state index in [1.807, 2.05) is 6.92 Å². The Kier molecular flexibility index (Phi) is 5.97. The van der Waals surface area contributed by atoms with Crippen molar-refractivity contribution in [3.63, 3.8) is 0 Å². The van der Waals surface area contributed by atoms with Crippen molar-refractivity contribution in [2.75, 3.05) is 6.54 Å². The summed E-state index contributed by atoms with van der Waals surface area (Å²) in [5.74, 6) is -0.949. The summed E-state index contributed by atoms with van der Waals surface area (Å²) in [6, 6.07) is 0. The molecule has 0 aliphatic carbocycles. The second-order valence-electron chi connectivity index (χ2n) is 2.54. The Morgan fingerprint density at radius 1 is 1.67 bits per heavy atom. The molecule has 0 aromatic heterocycles. The normalized spacial score (nSPS) is 11.8. The van der Waals surface area contributed by atoms with Crippen LogP contribution in [0.4, 0.5) is 0 Å². The second kappa shape index (κ2) is 6.58. The zero-order valence-electron chi connectivity index (χ0n) is 7.38. The number of nitrogens with one attached hydrogen (secondary N) is 1. The summed E-state index contributed by atoms with van der Waals surface area (Å²) in [6.07, 6.45) is 3.90. The van der Waals surface area contributed by atoms with Gasteiger partial charge in [0.2, 0.25) is 5.91 Å². The standard InChI is InChI=1S/C9H15NO2/c1-3-5-6-10-9(12)8(4-2)7-11/h4,7-8H,2-3,5-6H2,1H3,(H,10,12). The summed E-state index contributed by atoms with van der Waals surface area (Å²) in [4.78, 5) is 21.3. The molecule has 3 heteroatoms. The van der Waals surface area contributed by atoms with Crippen LogP contribution in [0.15, 0.2) is 12.7 Å². The fraction of sp³-hybridized carbons (Fsp3) is 0.556. The largest absolute Gasteiger partial charge is 0.355 e. The van der Waals surface area contributed by atoms with Crippen molar-refractivity contribution in [1.29, 1.82) is 0 Å². The van der Waals surface area contributed by atoms with Gasteiger partial charge in [-0.25, -0.2) is 0 Å². The highest BCUT2D eigenvalue weighted by Gasteiger charge is 2.11. The van der Waals surface area contributed by atoms with Crippen molar-refractivity contribution in [2.45, 2.75) is 19.8 Å². The van der Waals surface area contributed by atoms with Crippen LogP contribution in [0.25, 0.3) is 0 Å². The number of rotatable bonds is 6. The highest BCUT2D eigenvalue weighted by atomic mass is 16.2. The van der Waals surface area contributed by atoms with Gasteiger partial charge in [0.1, 0.15) is 12.2 Å². The maximum absolute atomic E-state index is 11.1. The molecule has 12 heavy (non-hydrogen) atoms. The van der Waals surface area contributed by atoms with E-state index in [0.717, 1.165) is 12.8 Å². The molecule has 1 amide bonds. The molecule has 0 radical (unpaired) electrons. The summed E-state index contributed by atoms with van der Waals surface area (Å²) in [5, 5.41) is 2.64. The summed E-state index contributed by atoms with van der Waals surface area (Å²) in [7, 11) is 0. The number of carbonyl (C=O) groups is 2. The van der Waals surface area contributed by atoms with Crippen molar-refractivity contribution in [2.24, 2.45) is 5.92 Å². The molecule has 1 N–H and O–H groups in total. The SMILES string of the molecule is C=CC(C=O)C(=O)NCCCC. The lowest BCUT2D eigenvalue weighted by Crippen LogP contribution is -2.31. The minimum Gasteiger partial charge on any atom is -0.355 e. The monoisotopic (exact) mass is 169 g/mol. The van der Waals surface area contributed by atoms with Crippen LogP contribution in [0.2, 0.25) is 0 Å². The average Bonchev–Trinajstić information content (AvgIpc) is 2.07. The van der Waals surface area contributed by atoms with E-state index in [0.29, 0.717) is 12.8 Å². The van der Waals surface area contributed by atoms with E-state index in [1.54, 1.807) is 0 Å².